The van der Waals surface area contributed by atoms with Crippen LogP contribution in [0, 0.1) is 11.3 Å². The van der Waals surface area contributed by atoms with Crippen LogP contribution >= 0.6 is 0 Å². The van der Waals surface area contributed by atoms with E-state index in [9.17, 15) is 0 Å². The Morgan fingerprint density at radius 2 is 1.87 bits per heavy atom. The van der Waals surface area contributed by atoms with Crippen molar-refractivity contribution in [3.05, 3.63) is 0 Å². The van der Waals surface area contributed by atoms with Crippen molar-refractivity contribution in [3.63, 3.8) is 0 Å². The van der Waals surface area contributed by atoms with Crippen molar-refractivity contribution in [1.29, 1.82) is 0 Å². The van der Waals surface area contributed by atoms with E-state index in [0.29, 0.717) is 11.5 Å². The van der Waals surface area contributed by atoms with Gasteiger partial charge in [-0.3, -0.25) is 4.90 Å². The fourth-order valence-electron chi connectivity index (χ4n) is 2.86. The molecule has 88 valence electrons. The average molecular weight is 210 g/mol. The minimum absolute atomic E-state index is 0.502. The summed E-state index contributed by atoms with van der Waals surface area (Å²) in [6.45, 7) is 13.3. The second-order valence-electron chi connectivity index (χ2n) is 6.47. The van der Waals surface area contributed by atoms with Crippen molar-refractivity contribution in [3.8, 4) is 0 Å². The standard InChI is InChI=1S/C13H26N2/c1-10-12(6-5-7-14-10)15-8-11(9-15)13(2,3)4/h10-12,14H,5-9H2,1-4H3. The first-order valence-corrected chi connectivity index (χ1v) is 6.46. The number of hydrogen-bond donors (Lipinski definition) is 1. The molecule has 2 fully saturated rings. The zero-order valence-corrected chi connectivity index (χ0v) is 10.7. The van der Waals surface area contributed by atoms with E-state index in [2.05, 4.69) is 37.9 Å². The van der Waals surface area contributed by atoms with E-state index in [0.717, 1.165) is 12.0 Å². The van der Waals surface area contributed by atoms with Gasteiger partial charge in [0.1, 0.15) is 0 Å². The van der Waals surface area contributed by atoms with E-state index in [4.69, 9.17) is 0 Å². The number of likely N-dealkylation sites (tertiary alicyclic amines) is 1. The molecule has 0 saturated carbocycles. The zero-order valence-electron chi connectivity index (χ0n) is 10.7. The van der Waals surface area contributed by atoms with Gasteiger partial charge in [-0.25, -0.2) is 0 Å². The summed E-state index contributed by atoms with van der Waals surface area (Å²) in [5, 5.41) is 3.59. The Bertz CT molecular complexity index is 213. The molecule has 0 aromatic rings. The van der Waals surface area contributed by atoms with Gasteiger partial charge in [-0.05, 0) is 37.6 Å². The first-order chi connectivity index (χ1) is 6.98. The molecule has 0 aromatic carbocycles. The van der Waals surface area contributed by atoms with Crippen LogP contribution in [0.4, 0.5) is 0 Å². The van der Waals surface area contributed by atoms with Gasteiger partial charge in [0.15, 0.2) is 0 Å². The molecule has 0 aromatic heterocycles. The lowest BCUT2D eigenvalue weighted by atomic mass is 9.74. The third kappa shape index (κ3) is 2.36. The van der Waals surface area contributed by atoms with Gasteiger partial charge in [0.25, 0.3) is 0 Å². The van der Waals surface area contributed by atoms with Crippen molar-refractivity contribution in [2.45, 2.75) is 52.6 Å². The van der Waals surface area contributed by atoms with Crippen LogP contribution in [0.15, 0.2) is 0 Å². The van der Waals surface area contributed by atoms with Crippen LogP contribution in [0.3, 0.4) is 0 Å². The molecule has 2 aliphatic rings. The van der Waals surface area contributed by atoms with Crippen molar-refractivity contribution in [1.82, 2.24) is 10.2 Å². The SMILES string of the molecule is CC1NCCCC1N1CC(C(C)(C)C)C1. The van der Waals surface area contributed by atoms with Crippen molar-refractivity contribution < 1.29 is 0 Å². The third-order valence-electron chi connectivity index (χ3n) is 4.32. The van der Waals surface area contributed by atoms with Crippen molar-refractivity contribution >= 4 is 0 Å². The summed E-state index contributed by atoms with van der Waals surface area (Å²) in [7, 11) is 0. The van der Waals surface area contributed by atoms with Gasteiger partial charge < -0.3 is 5.32 Å². The quantitative estimate of drug-likeness (QED) is 0.713. The smallest absolute Gasteiger partial charge is 0.0247 e. The van der Waals surface area contributed by atoms with E-state index in [1.165, 1.54) is 32.5 Å². The Balaban J connectivity index is 1.83. The maximum absolute atomic E-state index is 3.59. The lowest BCUT2D eigenvalue weighted by Crippen LogP contribution is -2.62. The molecule has 2 atom stereocenters. The highest BCUT2D eigenvalue weighted by atomic mass is 15.2. The molecule has 2 aliphatic heterocycles. The van der Waals surface area contributed by atoms with E-state index >= 15 is 0 Å². The molecule has 2 unspecified atom stereocenters. The largest absolute Gasteiger partial charge is 0.313 e. The Morgan fingerprint density at radius 3 is 2.40 bits per heavy atom. The van der Waals surface area contributed by atoms with Crippen LogP contribution < -0.4 is 5.32 Å². The molecule has 2 saturated heterocycles. The predicted octanol–water partition coefficient (Wildman–Crippen LogP) is 2.10. The van der Waals surface area contributed by atoms with Crippen LogP contribution in [0.5, 0.6) is 0 Å². The topological polar surface area (TPSA) is 15.3 Å². The molecule has 0 aliphatic carbocycles. The lowest BCUT2D eigenvalue weighted by molar-refractivity contribution is -0.0245. The lowest BCUT2D eigenvalue weighted by Gasteiger charge is -2.52. The Labute approximate surface area is 94.4 Å². The molecule has 2 heteroatoms. The summed E-state index contributed by atoms with van der Waals surface area (Å²) in [5.74, 6) is 0.909. The summed E-state index contributed by atoms with van der Waals surface area (Å²) < 4.78 is 0. The molecular formula is C13H26N2. The molecule has 1 N–H and O–H groups in total. The van der Waals surface area contributed by atoms with Gasteiger partial charge in [-0.2, -0.15) is 0 Å². The molecule has 2 heterocycles. The van der Waals surface area contributed by atoms with E-state index in [1.807, 2.05) is 0 Å². The molecule has 2 nitrogen and oxygen atoms in total. The normalized spacial score (nSPS) is 35.2. The van der Waals surface area contributed by atoms with Crippen LogP contribution in [-0.4, -0.2) is 36.6 Å². The summed E-state index contributed by atoms with van der Waals surface area (Å²) >= 11 is 0. The number of hydrogen-bond acceptors (Lipinski definition) is 2. The summed E-state index contributed by atoms with van der Waals surface area (Å²) in [6.07, 6.45) is 2.75. The Hall–Kier alpha value is -0.0800. The highest BCUT2D eigenvalue weighted by Gasteiger charge is 2.40. The second kappa shape index (κ2) is 4.06. The molecule has 15 heavy (non-hydrogen) atoms. The Morgan fingerprint density at radius 1 is 1.20 bits per heavy atom. The second-order valence-corrected chi connectivity index (χ2v) is 6.47. The molecule has 0 radical (unpaired) electrons. The fraction of sp³-hybridized carbons (Fsp3) is 1.00. The van der Waals surface area contributed by atoms with Gasteiger partial charge in [-0.15, -0.1) is 0 Å². The maximum atomic E-state index is 3.59. The summed E-state index contributed by atoms with van der Waals surface area (Å²) in [5.41, 5.74) is 0.502. The van der Waals surface area contributed by atoms with Gasteiger partial charge in [0.05, 0.1) is 0 Å². The van der Waals surface area contributed by atoms with Crippen LogP contribution in [-0.2, 0) is 0 Å². The fourth-order valence-corrected chi connectivity index (χ4v) is 2.86. The first kappa shape index (κ1) is 11.4. The van der Waals surface area contributed by atoms with E-state index < -0.39 is 0 Å². The maximum Gasteiger partial charge on any atom is 0.0247 e. The number of nitrogens with zero attached hydrogens (tertiary/aromatic N) is 1. The number of rotatable bonds is 1. The number of piperidine rings is 1. The first-order valence-electron chi connectivity index (χ1n) is 6.46. The van der Waals surface area contributed by atoms with Gasteiger partial charge >= 0.3 is 0 Å². The van der Waals surface area contributed by atoms with E-state index in [-0.39, 0.29) is 0 Å². The van der Waals surface area contributed by atoms with Crippen LogP contribution in [0.25, 0.3) is 0 Å². The highest BCUT2D eigenvalue weighted by Crippen LogP contribution is 2.36. The van der Waals surface area contributed by atoms with Gasteiger partial charge in [-0.1, -0.05) is 20.8 Å². The molecule has 0 amide bonds. The summed E-state index contributed by atoms with van der Waals surface area (Å²) in [4.78, 5) is 2.69. The van der Waals surface area contributed by atoms with Crippen molar-refractivity contribution in [2.24, 2.45) is 11.3 Å². The number of nitrogens with one attached hydrogen (secondary N) is 1. The van der Waals surface area contributed by atoms with E-state index in [1.54, 1.807) is 0 Å². The monoisotopic (exact) mass is 210 g/mol. The molecule has 2 rings (SSSR count). The summed E-state index contributed by atoms with van der Waals surface area (Å²) in [6, 6.07) is 1.50. The van der Waals surface area contributed by atoms with Crippen LogP contribution in [0.1, 0.15) is 40.5 Å². The zero-order chi connectivity index (χ0) is 11.1. The molecule has 0 bridgehead atoms. The Kier molecular flexibility index (Phi) is 3.09. The average Bonchev–Trinajstić information content (AvgIpc) is 2.03. The predicted molar refractivity (Wildman–Crippen MR) is 65.0 cm³/mol. The van der Waals surface area contributed by atoms with Crippen molar-refractivity contribution in [2.75, 3.05) is 19.6 Å². The van der Waals surface area contributed by atoms with Gasteiger partial charge in [0.2, 0.25) is 0 Å². The molecular weight excluding hydrogens is 184 g/mol. The van der Waals surface area contributed by atoms with Gasteiger partial charge in [0, 0.05) is 25.2 Å². The minimum atomic E-state index is 0.502. The van der Waals surface area contributed by atoms with Crippen LogP contribution in [0.2, 0.25) is 0 Å². The third-order valence-corrected chi connectivity index (χ3v) is 4.32. The minimum Gasteiger partial charge on any atom is -0.313 e. The molecule has 0 spiro atoms. The highest BCUT2D eigenvalue weighted by molar-refractivity contribution is 4.95.